The van der Waals surface area contributed by atoms with Gasteiger partial charge in [0.05, 0.1) is 4.90 Å². The molecule has 0 aliphatic rings. The molecule has 1 amide bonds. The molecule has 0 fully saturated rings. The molecule has 0 bridgehead atoms. The molecule has 6 nitrogen and oxygen atoms in total. The average Bonchev–Trinajstić information content (AvgIpc) is 3.16. The Morgan fingerprint density at radius 1 is 1.18 bits per heavy atom. The largest absolute Gasteiger partial charge is 0.347 e. The van der Waals surface area contributed by atoms with Gasteiger partial charge in [-0.15, -0.1) is 11.3 Å². The van der Waals surface area contributed by atoms with Gasteiger partial charge in [0.25, 0.3) is 5.91 Å². The van der Waals surface area contributed by atoms with Crippen molar-refractivity contribution in [2.45, 2.75) is 11.4 Å². The molecule has 3 rings (SSSR count). The predicted octanol–water partition coefficient (Wildman–Crippen LogP) is 3.64. The smallest absolute Gasteiger partial charge is 0.271 e. The number of thiazole rings is 1. The fraction of sp³-hybridized carbons (Fsp3) is 0.158. The molecule has 0 saturated carbocycles. The minimum atomic E-state index is -3.47. The minimum Gasteiger partial charge on any atom is -0.347 e. The van der Waals surface area contributed by atoms with Crippen LogP contribution in [-0.2, 0) is 16.6 Å². The van der Waals surface area contributed by atoms with Crippen LogP contribution in [0.25, 0.3) is 10.6 Å². The maximum Gasteiger partial charge on any atom is 0.271 e. The summed E-state index contributed by atoms with van der Waals surface area (Å²) in [6.07, 6.45) is 0. The fourth-order valence-corrected chi connectivity index (χ4v) is 4.28. The van der Waals surface area contributed by atoms with Crippen LogP contribution < -0.4 is 5.32 Å². The second-order valence-corrected chi connectivity index (χ2v) is 9.61. The van der Waals surface area contributed by atoms with Gasteiger partial charge in [-0.05, 0) is 29.8 Å². The van der Waals surface area contributed by atoms with Gasteiger partial charge in [-0.3, -0.25) is 4.79 Å². The molecule has 146 valence electrons. The number of aromatic nitrogens is 1. The molecule has 0 spiro atoms. The summed E-state index contributed by atoms with van der Waals surface area (Å²) in [6, 6.07) is 13.7. The third kappa shape index (κ3) is 4.59. The van der Waals surface area contributed by atoms with E-state index in [-0.39, 0.29) is 17.3 Å². The first-order valence-corrected chi connectivity index (χ1v) is 11.0. The molecule has 1 aromatic heterocycles. The number of carbonyl (C=O) groups is 1. The minimum absolute atomic E-state index is 0.207. The lowest BCUT2D eigenvalue weighted by Gasteiger charge is -2.11. The highest BCUT2D eigenvalue weighted by Gasteiger charge is 2.17. The van der Waals surface area contributed by atoms with E-state index >= 15 is 0 Å². The molecule has 2 aromatic carbocycles. The lowest BCUT2D eigenvalue weighted by Crippen LogP contribution is -2.23. The van der Waals surface area contributed by atoms with Gasteiger partial charge in [0, 0.05) is 36.6 Å². The van der Waals surface area contributed by atoms with Gasteiger partial charge in [0.1, 0.15) is 10.7 Å². The van der Waals surface area contributed by atoms with Crippen LogP contribution in [0.5, 0.6) is 0 Å². The second-order valence-electron chi connectivity index (χ2n) is 6.16. The highest BCUT2D eigenvalue weighted by atomic mass is 35.5. The Kier molecular flexibility index (Phi) is 6.14. The normalized spacial score (nSPS) is 11.6. The molecule has 9 heteroatoms. The quantitative estimate of drug-likeness (QED) is 0.641. The van der Waals surface area contributed by atoms with Gasteiger partial charge in [0.2, 0.25) is 10.0 Å². The zero-order valence-electron chi connectivity index (χ0n) is 15.2. The SMILES string of the molecule is CN(C)S(=O)(=O)c1ccc(CNC(=O)c2csc(-c3cccc(Cl)c3)n2)cc1. The number of nitrogens with one attached hydrogen (secondary N) is 1. The Morgan fingerprint density at radius 3 is 2.54 bits per heavy atom. The summed E-state index contributed by atoms with van der Waals surface area (Å²) >= 11 is 7.36. The number of nitrogens with zero attached hydrogens (tertiary/aromatic N) is 2. The van der Waals surface area contributed by atoms with E-state index in [0.717, 1.165) is 15.4 Å². The molecule has 0 aliphatic heterocycles. The van der Waals surface area contributed by atoms with E-state index in [1.807, 2.05) is 12.1 Å². The van der Waals surface area contributed by atoms with Crippen LogP contribution in [0, 0.1) is 0 Å². The first-order valence-electron chi connectivity index (χ1n) is 8.28. The van der Waals surface area contributed by atoms with Gasteiger partial charge >= 0.3 is 0 Å². The van der Waals surface area contributed by atoms with Crippen molar-refractivity contribution >= 4 is 38.9 Å². The van der Waals surface area contributed by atoms with Gasteiger partial charge in [-0.2, -0.15) is 0 Å². The summed E-state index contributed by atoms with van der Waals surface area (Å²) in [5, 5.41) is 5.81. The molecule has 28 heavy (non-hydrogen) atoms. The van der Waals surface area contributed by atoms with Gasteiger partial charge in [-0.1, -0.05) is 35.9 Å². The Bertz CT molecular complexity index is 1090. The number of hydrogen-bond acceptors (Lipinski definition) is 5. The maximum absolute atomic E-state index is 12.3. The number of carbonyl (C=O) groups excluding carboxylic acids is 1. The molecular formula is C19H18ClN3O3S2. The third-order valence-corrected chi connectivity index (χ3v) is 6.92. The monoisotopic (exact) mass is 435 g/mol. The summed E-state index contributed by atoms with van der Waals surface area (Å²) < 4.78 is 25.3. The van der Waals surface area contributed by atoms with Crippen LogP contribution >= 0.6 is 22.9 Å². The second kappa shape index (κ2) is 8.40. The molecule has 0 unspecified atom stereocenters. The summed E-state index contributed by atoms with van der Waals surface area (Å²) in [5.74, 6) is -0.297. The zero-order valence-corrected chi connectivity index (χ0v) is 17.6. The number of amides is 1. The van der Waals surface area contributed by atoms with Crippen LogP contribution in [0.2, 0.25) is 5.02 Å². The van der Waals surface area contributed by atoms with Crippen LogP contribution in [0.1, 0.15) is 16.1 Å². The lowest BCUT2D eigenvalue weighted by atomic mass is 10.2. The van der Waals surface area contributed by atoms with Crippen molar-refractivity contribution in [1.82, 2.24) is 14.6 Å². The van der Waals surface area contributed by atoms with Crippen LogP contribution in [0.15, 0.2) is 58.8 Å². The first kappa shape index (κ1) is 20.5. The van der Waals surface area contributed by atoms with E-state index in [0.29, 0.717) is 15.7 Å². The third-order valence-electron chi connectivity index (χ3n) is 3.96. The number of sulfonamides is 1. The Morgan fingerprint density at radius 2 is 1.89 bits per heavy atom. The topological polar surface area (TPSA) is 79.4 Å². The number of benzene rings is 2. The molecule has 3 aromatic rings. The summed E-state index contributed by atoms with van der Waals surface area (Å²) in [6.45, 7) is 0.269. The van der Waals surface area contributed by atoms with E-state index in [4.69, 9.17) is 11.6 Å². The van der Waals surface area contributed by atoms with Gasteiger partial charge < -0.3 is 5.32 Å². The predicted molar refractivity (Wildman–Crippen MR) is 111 cm³/mol. The molecular weight excluding hydrogens is 418 g/mol. The number of halogens is 1. The van der Waals surface area contributed by atoms with Crippen molar-refractivity contribution in [3.05, 3.63) is 70.2 Å². The van der Waals surface area contributed by atoms with Gasteiger partial charge in [0.15, 0.2) is 0 Å². The Labute approximate surface area is 172 Å². The molecule has 1 heterocycles. The molecule has 0 aliphatic carbocycles. The van der Waals surface area contributed by atoms with Crippen LogP contribution in [-0.4, -0.2) is 37.7 Å². The van der Waals surface area contributed by atoms with Crippen molar-refractivity contribution in [1.29, 1.82) is 0 Å². The van der Waals surface area contributed by atoms with Crippen molar-refractivity contribution < 1.29 is 13.2 Å². The standard InChI is InChI=1S/C19H18ClN3O3S2/c1-23(2)28(25,26)16-8-6-13(7-9-16)11-21-18(24)17-12-27-19(22-17)14-4-3-5-15(20)10-14/h3-10,12H,11H2,1-2H3,(H,21,24). The number of rotatable bonds is 6. The fourth-order valence-electron chi connectivity index (χ4n) is 2.40. The zero-order chi connectivity index (χ0) is 20.3. The molecule has 0 radical (unpaired) electrons. The van der Waals surface area contributed by atoms with Crippen molar-refractivity contribution in [2.75, 3.05) is 14.1 Å². The van der Waals surface area contributed by atoms with E-state index < -0.39 is 10.0 Å². The van der Waals surface area contributed by atoms with E-state index in [1.165, 1.54) is 37.6 Å². The van der Waals surface area contributed by atoms with Crippen LogP contribution in [0.4, 0.5) is 0 Å². The first-order chi connectivity index (χ1) is 13.3. The van der Waals surface area contributed by atoms with E-state index in [2.05, 4.69) is 10.3 Å². The van der Waals surface area contributed by atoms with E-state index in [9.17, 15) is 13.2 Å². The molecule has 0 atom stereocenters. The average molecular weight is 436 g/mol. The molecule has 0 saturated heterocycles. The van der Waals surface area contributed by atoms with Crippen molar-refractivity contribution in [3.8, 4) is 10.6 Å². The highest BCUT2D eigenvalue weighted by molar-refractivity contribution is 7.89. The van der Waals surface area contributed by atoms with Crippen LogP contribution in [0.3, 0.4) is 0 Å². The summed E-state index contributed by atoms with van der Waals surface area (Å²) in [4.78, 5) is 16.9. The maximum atomic E-state index is 12.3. The Hall–Kier alpha value is -2.26. The lowest BCUT2D eigenvalue weighted by molar-refractivity contribution is 0.0946. The van der Waals surface area contributed by atoms with E-state index in [1.54, 1.807) is 29.6 Å². The summed E-state index contributed by atoms with van der Waals surface area (Å²) in [5.41, 5.74) is 1.97. The van der Waals surface area contributed by atoms with Crippen molar-refractivity contribution in [2.24, 2.45) is 0 Å². The highest BCUT2D eigenvalue weighted by Crippen LogP contribution is 2.26. The molecule has 1 N–H and O–H groups in total. The summed E-state index contributed by atoms with van der Waals surface area (Å²) in [7, 11) is -0.504. The number of hydrogen-bond donors (Lipinski definition) is 1. The van der Waals surface area contributed by atoms with Crippen molar-refractivity contribution in [3.63, 3.8) is 0 Å². The Balaban J connectivity index is 1.65. The van der Waals surface area contributed by atoms with Gasteiger partial charge in [-0.25, -0.2) is 17.7 Å².